The molecule has 4 aromatic rings. The average Bonchev–Trinajstić information content (AvgIpc) is 0.829. The standard InChI is InChI=1S/C24H42O8.3C24H38O6.C4H6O3/c1-5-27-11-13-29-15-16-31-20-23(3,25)22-9-7-21(8-10-22)19-24(4,26)32-18-17-30-14-12-28-6-2;3*1-5-25-11-13-27-15-17-29-19-21(3)23-7-9-24(10-8-23)22(4)20-30-18-16-28-14-12-26-6-2;1-3(5)7-4(2)6/h7-10,25-26H,5-6,11-20H2,1-4H3;7-10,19-20H,5-6,11-18H2,1-4H3;7-10,20H,3,5-6,11-19H2,1-2,4H3;7-10H,3-6,11-20H2,1-2H3;1-2H3. The second kappa shape index (κ2) is 86.4. The predicted octanol–water partition coefficient (Wildman–Crippen LogP) is 15.0. The summed E-state index contributed by atoms with van der Waals surface area (Å²) in [6.07, 6.45) is 5.64. The fourth-order valence-corrected chi connectivity index (χ4v) is 10.5. The van der Waals surface area contributed by atoms with Gasteiger partial charge in [0, 0.05) is 73.1 Å². The third-order valence-electron chi connectivity index (χ3n) is 17.4. The maximum absolute atomic E-state index is 10.7. The van der Waals surface area contributed by atoms with Crippen molar-refractivity contribution in [1.29, 1.82) is 0 Å². The van der Waals surface area contributed by atoms with Crippen molar-refractivity contribution in [3.8, 4) is 0 Å². The summed E-state index contributed by atoms with van der Waals surface area (Å²) in [4.78, 5) is 19.6. The van der Waals surface area contributed by atoms with Crippen molar-refractivity contribution >= 4 is 45.4 Å². The molecule has 0 spiro atoms. The van der Waals surface area contributed by atoms with Crippen LogP contribution < -0.4 is 0 Å². The Balaban J connectivity index is 0.00000165. The van der Waals surface area contributed by atoms with Crippen molar-refractivity contribution < 1.29 is 138 Å². The van der Waals surface area contributed by atoms with Crippen LogP contribution in [0.4, 0.5) is 0 Å². The first kappa shape index (κ1) is 122. The molecule has 4 rings (SSSR count). The highest BCUT2D eigenvalue weighted by molar-refractivity contribution is 5.82. The van der Waals surface area contributed by atoms with Gasteiger partial charge in [-0.1, -0.05) is 117 Å². The summed E-state index contributed by atoms with van der Waals surface area (Å²) in [6.45, 7) is 64.5. The molecule has 0 aromatic heterocycles. The van der Waals surface area contributed by atoms with Gasteiger partial charge < -0.3 is 129 Å². The predicted molar refractivity (Wildman–Crippen MR) is 506 cm³/mol. The summed E-state index contributed by atoms with van der Waals surface area (Å²) in [6, 6.07) is 32.1. The Morgan fingerprint density at radius 2 is 0.488 bits per heavy atom. The van der Waals surface area contributed by atoms with Crippen molar-refractivity contribution in [2.45, 2.75) is 122 Å². The van der Waals surface area contributed by atoms with E-state index in [-0.39, 0.29) is 6.61 Å². The van der Waals surface area contributed by atoms with Crippen molar-refractivity contribution in [2.75, 3.05) is 291 Å². The monoisotopic (exact) mass is 1830 g/mol. The zero-order chi connectivity index (χ0) is 95.2. The van der Waals surface area contributed by atoms with Gasteiger partial charge in [0.05, 0.1) is 237 Å². The zero-order valence-electron chi connectivity index (χ0n) is 80.8. The lowest BCUT2D eigenvalue weighted by Crippen LogP contribution is -2.32. The van der Waals surface area contributed by atoms with Gasteiger partial charge in [-0.15, -0.1) is 0 Å². The number of hydrogen-bond acceptors (Lipinski definition) is 29. The number of esters is 2. The van der Waals surface area contributed by atoms with E-state index in [1.807, 2.05) is 137 Å². The van der Waals surface area contributed by atoms with Gasteiger partial charge in [-0.2, -0.15) is 0 Å². The fraction of sp³-hybridized carbons (Fsp3) is 0.620. The van der Waals surface area contributed by atoms with Gasteiger partial charge in [0.15, 0.2) is 5.79 Å². The van der Waals surface area contributed by atoms with Crippen molar-refractivity contribution in [3.63, 3.8) is 0 Å². The topological polar surface area (TPSA) is 305 Å². The summed E-state index contributed by atoms with van der Waals surface area (Å²) in [5, 5.41) is 21.2. The first-order chi connectivity index (χ1) is 62.5. The van der Waals surface area contributed by atoms with Gasteiger partial charge in [-0.25, -0.2) is 0 Å². The zero-order valence-corrected chi connectivity index (χ0v) is 80.8. The maximum Gasteiger partial charge on any atom is 0.310 e. The van der Waals surface area contributed by atoms with Crippen LogP contribution >= 0.6 is 0 Å². The van der Waals surface area contributed by atoms with E-state index in [2.05, 4.69) is 60.9 Å². The largest absolute Gasteiger partial charge is 0.498 e. The third-order valence-corrected chi connectivity index (χ3v) is 17.4. The van der Waals surface area contributed by atoms with Crippen LogP contribution in [0.3, 0.4) is 0 Å². The minimum Gasteiger partial charge on any atom is -0.498 e. The van der Waals surface area contributed by atoms with Crippen molar-refractivity contribution in [1.82, 2.24) is 0 Å². The average molecular weight is 1830 g/mol. The summed E-state index contributed by atoms with van der Waals surface area (Å²) < 4.78 is 134. The molecular formula is C100H162O29. The van der Waals surface area contributed by atoms with E-state index in [9.17, 15) is 19.8 Å². The first-order valence-electron chi connectivity index (χ1n) is 45.1. The summed E-state index contributed by atoms with van der Waals surface area (Å²) in [7, 11) is 0. The molecule has 4 aromatic carbocycles. The second-order valence-electron chi connectivity index (χ2n) is 28.5. The molecule has 0 saturated heterocycles. The molecule has 0 bridgehead atoms. The molecule has 0 fully saturated rings. The first-order valence-corrected chi connectivity index (χ1v) is 45.1. The fourth-order valence-electron chi connectivity index (χ4n) is 10.5. The summed E-state index contributed by atoms with van der Waals surface area (Å²) in [5.41, 5.74) is 13.0. The van der Waals surface area contributed by atoms with E-state index in [1.54, 1.807) is 32.6 Å². The molecule has 2 atom stereocenters. The van der Waals surface area contributed by atoms with E-state index < -0.39 is 23.3 Å². The molecule has 29 nitrogen and oxygen atoms in total. The Labute approximate surface area is 772 Å². The van der Waals surface area contributed by atoms with Crippen LogP contribution in [0.2, 0.25) is 0 Å². The van der Waals surface area contributed by atoms with E-state index in [0.29, 0.717) is 291 Å². The number of rotatable bonds is 77. The molecule has 0 aliphatic rings. The van der Waals surface area contributed by atoms with Crippen LogP contribution in [0.5, 0.6) is 0 Å². The van der Waals surface area contributed by atoms with Crippen LogP contribution in [0.25, 0.3) is 33.4 Å². The highest BCUT2D eigenvalue weighted by atomic mass is 16.6. The van der Waals surface area contributed by atoms with Crippen LogP contribution in [-0.2, 0) is 140 Å². The minimum atomic E-state index is -1.31. The molecule has 0 radical (unpaired) electrons. The van der Waals surface area contributed by atoms with Gasteiger partial charge in [-0.05, 0) is 168 Å². The molecule has 0 aliphatic heterocycles. The Bertz CT molecular complexity index is 3280. The van der Waals surface area contributed by atoms with Gasteiger partial charge in [-0.3, -0.25) is 9.59 Å². The molecule has 736 valence electrons. The Morgan fingerprint density at radius 3 is 0.721 bits per heavy atom. The second-order valence-corrected chi connectivity index (χ2v) is 28.5. The van der Waals surface area contributed by atoms with Gasteiger partial charge in [0.25, 0.3) is 0 Å². The summed E-state index contributed by atoms with van der Waals surface area (Å²) >= 11 is 0. The van der Waals surface area contributed by atoms with E-state index in [0.717, 1.165) is 77.9 Å². The lowest BCUT2D eigenvalue weighted by Gasteiger charge is -2.26. The van der Waals surface area contributed by atoms with Gasteiger partial charge in [0.1, 0.15) is 25.4 Å². The lowest BCUT2D eigenvalue weighted by molar-refractivity contribution is -0.195. The van der Waals surface area contributed by atoms with Crippen molar-refractivity contribution in [2.24, 2.45) is 0 Å². The van der Waals surface area contributed by atoms with Gasteiger partial charge >= 0.3 is 11.9 Å². The number of allylic oxidation sites excluding steroid dienone is 3. The third kappa shape index (κ3) is 73.1. The van der Waals surface area contributed by atoms with E-state index >= 15 is 0 Å². The number of benzene rings is 4. The number of carbonyl (C=O) groups excluding carboxylic acids is 2. The Kier molecular flexibility index (Phi) is 81.6. The van der Waals surface area contributed by atoms with E-state index in [4.69, 9.17) is 114 Å². The minimum absolute atomic E-state index is 0.158. The number of aliphatic hydroxyl groups is 2. The molecule has 0 aliphatic carbocycles. The SMILES string of the molecule is C=C(COCCOCCOCC)c1ccc(C(=C)COCCOCCOCC)cc1.C=C(COCCOCCOCC)c1ccc(C(C)=COCCOCCOCC)cc1.CC(=O)OC(C)=O.CCOCCOCCOC=C(C)c1ccc(C(C)=COCCOCCOCC)cc1.CCOCCOCCOCC(C)(O)c1ccc(CC(C)(O)OCCOCCOCC)cc1. The quantitative estimate of drug-likeness (QED) is 0.0136. The summed E-state index contributed by atoms with van der Waals surface area (Å²) in [5.74, 6) is -2.43. The highest BCUT2D eigenvalue weighted by Gasteiger charge is 2.26. The molecule has 2 unspecified atom stereocenters. The molecule has 0 saturated carbocycles. The lowest BCUT2D eigenvalue weighted by atomic mass is 9.94. The molecule has 0 amide bonds. The Hall–Kier alpha value is -7.06. The Morgan fingerprint density at radius 1 is 0.279 bits per heavy atom. The molecule has 129 heavy (non-hydrogen) atoms. The van der Waals surface area contributed by atoms with Crippen molar-refractivity contribution in [3.05, 3.63) is 180 Å². The normalized spacial score (nSPS) is 12.4. The molecule has 2 N–H and O–H groups in total. The van der Waals surface area contributed by atoms with Crippen LogP contribution in [0.15, 0.2) is 136 Å². The van der Waals surface area contributed by atoms with Crippen LogP contribution in [-0.4, -0.2) is 319 Å². The number of ether oxygens (including phenoxy) is 25. The van der Waals surface area contributed by atoms with E-state index in [1.165, 1.54) is 13.8 Å². The highest BCUT2D eigenvalue weighted by Crippen LogP contribution is 2.25. The smallest absolute Gasteiger partial charge is 0.310 e. The van der Waals surface area contributed by atoms with Gasteiger partial charge in [0.2, 0.25) is 0 Å². The number of carbonyl (C=O) groups is 2. The maximum atomic E-state index is 10.7. The van der Waals surface area contributed by atoms with Crippen LogP contribution in [0.1, 0.15) is 148 Å². The molecule has 0 heterocycles. The molecule has 29 heteroatoms. The van der Waals surface area contributed by atoms with Crippen LogP contribution in [0, 0.1) is 0 Å². The molecular weight excluding hydrogens is 1670 g/mol. The number of hydrogen-bond donors (Lipinski definition) is 2.